The Labute approximate surface area is 265 Å². The molecule has 6 nitrogen and oxygen atoms in total. The number of nitrogens with zero attached hydrogens (tertiary/aromatic N) is 2. The predicted molar refractivity (Wildman–Crippen MR) is 173 cm³/mol. The highest BCUT2D eigenvalue weighted by atomic mass is 35.5. The maximum atomic E-state index is 13.8. The first-order chi connectivity index (χ1) is 21.3. The maximum Gasteiger partial charge on any atom is 0.335 e. The molecule has 4 aliphatic carbocycles. The second-order valence-corrected chi connectivity index (χ2v) is 14.0. The Morgan fingerprint density at radius 3 is 2.23 bits per heavy atom. The number of nitrogens with one attached hydrogen (secondary N) is 1. The summed E-state index contributed by atoms with van der Waals surface area (Å²) in [6.07, 6.45) is 11.3. The Balaban J connectivity index is 1.11. The van der Waals surface area contributed by atoms with Crippen LogP contribution in [0.15, 0.2) is 78.5 Å². The summed E-state index contributed by atoms with van der Waals surface area (Å²) < 4.78 is 2.02. The van der Waals surface area contributed by atoms with Gasteiger partial charge in [0.15, 0.2) is 0 Å². The minimum absolute atomic E-state index is 0.0952. The summed E-state index contributed by atoms with van der Waals surface area (Å²) in [6.45, 7) is 0.473. The van der Waals surface area contributed by atoms with Gasteiger partial charge >= 0.3 is 6.03 Å². The Morgan fingerprint density at radius 1 is 0.864 bits per heavy atom. The SMILES string of the molecule is O=C1NC(=O)N(c2ccc(C34CC5CC(CC(C5)C3)C4)cc2)C(=O)/C1=C/c1cn(Cc2ccc(Cl)cc2Cl)c2ccccc12. The molecule has 1 N–H and O–H groups in total. The smallest absolute Gasteiger partial charge is 0.335 e. The summed E-state index contributed by atoms with van der Waals surface area (Å²) in [6, 6.07) is 20.3. The lowest BCUT2D eigenvalue weighted by molar-refractivity contribution is -0.122. The van der Waals surface area contributed by atoms with Crippen molar-refractivity contribution in [3.8, 4) is 0 Å². The van der Waals surface area contributed by atoms with E-state index >= 15 is 0 Å². The minimum Gasteiger partial charge on any atom is -0.342 e. The highest BCUT2D eigenvalue weighted by molar-refractivity contribution is 6.39. The van der Waals surface area contributed by atoms with Crippen molar-refractivity contribution < 1.29 is 14.4 Å². The van der Waals surface area contributed by atoms with Crippen LogP contribution < -0.4 is 10.2 Å². The number of amides is 4. The average Bonchev–Trinajstić information content (AvgIpc) is 3.33. The van der Waals surface area contributed by atoms with E-state index in [0.29, 0.717) is 27.8 Å². The molecule has 222 valence electrons. The van der Waals surface area contributed by atoms with E-state index in [1.54, 1.807) is 18.2 Å². The topological polar surface area (TPSA) is 71.4 Å². The van der Waals surface area contributed by atoms with Gasteiger partial charge < -0.3 is 4.57 Å². The minimum atomic E-state index is -0.737. The number of carbonyl (C=O) groups excluding carboxylic acids is 3. The molecular weight excluding hydrogens is 593 g/mol. The third-order valence-electron chi connectivity index (χ3n) is 10.4. The van der Waals surface area contributed by atoms with Gasteiger partial charge in [0, 0.05) is 39.3 Å². The predicted octanol–water partition coefficient (Wildman–Crippen LogP) is 8.13. The molecule has 0 atom stereocenters. The fourth-order valence-corrected chi connectivity index (χ4v) is 9.30. The van der Waals surface area contributed by atoms with Crippen LogP contribution in [0.5, 0.6) is 0 Å². The quantitative estimate of drug-likeness (QED) is 0.180. The molecule has 4 bridgehead atoms. The number of fused-ring (bicyclic) bond motifs is 1. The summed E-state index contributed by atoms with van der Waals surface area (Å²) in [4.78, 5) is 40.9. The van der Waals surface area contributed by atoms with Crippen molar-refractivity contribution in [3.05, 3.63) is 105 Å². The molecule has 0 spiro atoms. The van der Waals surface area contributed by atoms with Crippen molar-refractivity contribution in [3.63, 3.8) is 0 Å². The molecule has 9 rings (SSSR count). The second-order valence-electron chi connectivity index (χ2n) is 13.2. The van der Waals surface area contributed by atoms with Crippen LogP contribution in [0.25, 0.3) is 17.0 Å². The van der Waals surface area contributed by atoms with Crippen molar-refractivity contribution in [2.24, 2.45) is 17.8 Å². The van der Waals surface area contributed by atoms with Gasteiger partial charge in [0.05, 0.1) is 5.69 Å². The van der Waals surface area contributed by atoms with Gasteiger partial charge in [-0.3, -0.25) is 14.9 Å². The lowest BCUT2D eigenvalue weighted by Crippen LogP contribution is -2.54. The fourth-order valence-electron chi connectivity index (χ4n) is 8.83. The molecule has 5 fully saturated rings. The van der Waals surface area contributed by atoms with Gasteiger partial charge in [-0.25, -0.2) is 9.69 Å². The lowest BCUT2D eigenvalue weighted by atomic mass is 9.48. The van der Waals surface area contributed by atoms with Crippen LogP contribution in [0.1, 0.15) is 55.2 Å². The summed E-state index contributed by atoms with van der Waals surface area (Å²) in [5.74, 6) is 1.12. The number of para-hydroxylation sites is 1. The summed E-state index contributed by atoms with van der Waals surface area (Å²) in [7, 11) is 0. The zero-order valence-corrected chi connectivity index (χ0v) is 25.6. The Hall–Kier alpha value is -3.87. The van der Waals surface area contributed by atoms with Crippen molar-refractivity contribution in [1.82, 2.24) is 9.88 Å². The number of carbonyl (C=O) groups is 3. The first kappa shape index (κ1) is 27.7. The first-order valence-corrected chi connectivity index (χ1v) is 16.1. The summed E-state index contributed by atoms with van der Waals surface area (Å²) >= 11 is 12.6. The average molecular weight is 625 g/mol. The molecule has 2 heterocycles. The summed E-state index contributed by atoms with van der Waals surface area (Å²) in [5, 5.41) is 4.37. The zero-order valence-electron chi connectivity index (χ0n) is 24.1. The molecule has 4 saturated carbocycles. The van der Waals surface area contributed by atoms with Crippen LogP contribution in [0.2, 0.25) is 10.0 Å². The number of hydrogen-bond acceptors (Lipinski definition) is 3. The van der Waals surface area contributed by atoms with Crippen LogP contribution in [0, 0.1) is 17.8 Å². The fraction of sp³-hybridized carbons (Fsp3) is 0.306. The Morgan fingerprint density at radius 2 is 1.55 bits per heavy atom. The number of anilines is 1. The zero-order chi connectivity index (χ0) is 30.2. The van der Waals surface area contributed by atoms with E-state index < -0.39 is 17.8 Å². The van der Waals surface area contributed by atoms with Gasteiger partial charge in [0.25, 0.3) is 11.8 Å². The van der Waals surface area contributed by atoms with Gasteiger partial charge in [0.1, 0.15) is 5.57 Å². The number of halogens is 2. The van der Waals surface area contributed by atoms with E-state index in [9.17, 15) is 14.4 Å². The number of barbiturate groups is 1. The monoisotopic (exact) mass is 623 g/mol. The number of aromatic nitrogens is 1. The largest absolute Gasteiger partial charge is 0.342 e. The normalized spacial score (nSPS) is 27.0. The molecule has 1 aliphatic heterocycles. The van der Waals surface area contributed by atoms with Crippen LogP contribution in [0.3, 0.4) is 0 Å². The number of hydrogen-bond donors (Lipinski definition) is 1. The molecule has 8 heteroatoms. The van der Waals surface area contributed by atoms with E-state index in [-0.39, 0.29) is 11.0 Å². The number of urea groups is 1. The van der Waals surface area contributed by atoms with Crippen LogP contribution >= 0.6 is 23.2 Å². The number of rotatable bonds is 5. The molecule has 1 saturated heterocycles. The third-order valence-corrected chi connectivity index (χ3v) is 10.9. The molecule has 4 amide bonds. The van der Waals surface area contributed by atoms with Gasteiger partial charge in [-0.2, -0.15) is 0 Å². The van der Waals surface area contributed by atoms with Crippen molar-refractivity contribution in [2.75, 3.05) is 4.90 Å². The molecule has 4 aromatic rings. The summed E-state index contributed by atoms with van der Waals surface area (Å²) in [5.41, 5.74) is 4.38. The third kappa shape index (κ3) is 4.58. The van der Waals surface area contributed by atoms with Gasteiger partial charge in [-0.1, -0.05) is 59.6 Å². The Kier molecular flexibility index (Phi) is 6.51. The van der Waals surface area contributed by atoms with Crippen LogP contribution in [0.4, 0.5) is 10.5 Å². The van der Waals surface area contributed by atoms with Crippen molar-refractivity contribution >= 4 is 63.7 Å². The highest BCUT2D eigenvalue weighted by Gasteiger charge is 2.51. The molecule has 1 aromatic heterocycles. The highest BCUT2D eigenvalue weighted by Crippen LogP contribution is 2.60. The lowest BCUT2D eigenvalue weighted by Gasteiger charge is -2.57. The van der Waals surface area contributed by atoms with E-state index in [2.05, 4.69) is 17.4 Å². The molecule has 3 aromatic carbocycles. The first-order valence-electron chi connectivity index (χ1n) is 15.3. The van der Waals surface area contributed by atoms with Crippen LogP contribution in [-0.4, -0.2) is 22.4 Å². The van der Waals surface area contributed by atoms with E-state index in [0.717, 1.165) is 39.1 Å². The van der Waals surface area contributed by atoms with Crippen molar-refractivity contribution in [1.29, 1.82) is 0 Å². The molecule has 0 radical (unpaired) electrons. The van der Waals surface area contributed by atoms with E-state index in [1.165, 1.54) is 44.1 Å². The van der Waals surface area contributed by atoms with Gasteiger partial charge in [0.2, 0.25) is 0 Å². The van der Waals surface area contributed by atoms with Crippen LogP contribution in [-0.2, 0) is 21.5 Å². The molecule has 0 unspecified atom stereocenters. The molecule has 44 heavy (non-hydrogen) atoms. The van der Waals surface area contributed by atoms with E-state index in [4.69, 9.17) is 23.2 Å². The molecular formula is C36H31Cl2N3O3. The van der Waals surface area contributed by atoms with Crippen molar-refractivity contribution in [2.45, 2.75) is 50.5 Å². The number of benzene rings is 3. The molecule has 5 aliphatic rings. The second kappa shape index (κ2) is 10.4. The van der Waals surface area contributed by atoms with E-state index in [1.807, 2.05) is 53.2 Å². The maximum absolute atomic E-state index is 13.8. The Bertz CT molecular complexity index is 1860. The van der Waals surface area contributed by atoms with Gasteiger partial charge in [-0.05, 0) is 109 Å². The standard InChI is InChI=1S/C36H31Cl2N3O3/c37-27-8-5-24(31(38)15-27)19-40-20-25(29-3-1-2-4-32(29)40)14-30-33(42)39-35(44)41(34(30)43)28-9-6-26(7-10-28)36-16-21-11-22(17-36)13-23(12-21)18-36/h1-10,14-15,20-23H,11-13,16-19H2,(H,39,42,44)/b30-14+. The number of imide groups is 2. The van der Waals surface area contributed by atoms with Gasteiger partial charge in [-0.15, -0.1) is 0 Å².